The van der Waals surface area contributed by atoms with Gasteiger partial charge in [0.05, 0.1) is 23.4 Å². The Hall–Kier alpha value is -3.06. The van der Waals surface area contributed by atoms with Crippen LogP contribution in [0.4, 0.5) is 13.2 Å². The summed E-state index contributed by atoms with van der Waals surface area (Å²) >= 11 is 5.63. The summed E-state index contributed by atoms with van der Waals surface area (Å²) in [6.45, 7) is 0.478. The molecule has 1 aromatic carbocycles. The highest BCUT2D eigenvalue weighted by atomic mass is 35.5. The van der Waals surface area contributed by atoms with Crippen molar-refractivity contribution in [3.63, 3.8) is 0 Å². The van der Waals surface area contributed by atoms with Gasteiger partial charge in [-0.15, -0.1) is 0 Å². The molecular weight excluding hydrogens is 405 g/mol. The van der Waals surface area contributed by atoms with Crippen molar-refractivity contribution in [1.82, 2.24) is 9.88 Å². The van der Waals surface area contributed by atoms with E-state index in [0.29, 0.717) is 5.76 Å². The van der Waals surface area contributed by atoms with Crippen molar-refractivity contribution in [2.75, 3.05) is 0 Å². The van der Waals surface area contributed by atoms with E-state index in [4.69, 9.17) is 16.0 Å². The lowest BCUT2D eigenvalue weighted by atomic mass is 10.1. The van der Waals surface area contributed by atoms with Crippen molar-refractivity contribution in [2.24, 2.45) is 0 Å². The van der Waals surface area contributed by atoms with Gasteiger partial charge in [-0.1, -0.05) is 23.7 Å². The first-order chi connectivity index (χ1) is 13.8. The Bertz CT molecular complexity index is 987. The smallest absolute Gasteiger partial charge is 0.417 e. The van der Waals surface area contributed by atoms with E-state index < -0.39 is 16.8 Å². The van der Waals surface area contributed by atoms with Gasteiger partial charge in [0.1, 0.15) is 5.76 Å². The number of hydrogen-bond donors (Lipinski definition) is 0. The molecule has 0 radical (unpaired) electrons. The first-order valence-corrected chi connectivity index (χ1v) is 8.96. The molecule has 3 aromatic rings. The zero-order chi connectivity index (χ0) is 20.9. The summed E-state index contributed by atoms with van der Waals surface area (Å²) < 4.78 is 44.3. The molecule has 0 aliphatic heterocycles. The molecule has 0 spiro atoms. The summed E-state index contributed by atoms with van der Waals surface area (Å²) in [4.78, 5) is 18.3. The molecule has 2 aromatic heterocycles. The van der Waals surface area contributed by atoms with Gasteiger partial charge >= 0.3 is 6.18 Å². The van der Waals surface area contributed by atoms with E-state index >= 15 is 0 Å². The van der Waals surface area contributed by atoms with Crippen LogP contribution >= 0.6 is 11.6 Å². The molecule has 0 saturated heterocycles. The monoisotopic (exact) mass is 420 g/mol. The van der Waals surface area contributed by atoms with Gasteiger partial charge in [0.15, 0.2) is 0 Å². The molecule has 0 fully saturated rings. The van der Waals surface area contributed by atoms with Gasteiger partial charge in [0.25, 0.3) is 0 Å². The maximum absolute atomic E-state index is 13.0. The number of halogens is 4. The summed E-state index contributed by atoms with van der Waals surface area (Å²) in [6.07, 6.45) is 2.75. The number of carbonyl (C=O) groups is 1. The second-order valence-corrected chi connectivity index (χ2v) is 6.61. The number of benzene rings is 1. The molecule has 8 heteroatoms. The molecule has 29 heavy (non-hydrogen) atoms. The Morgan fingerprint density at radius 1 is 1.17 bits per heavy atom. The van der Waals surface area contributed by atoms with Crippen molar-refractivity contribution < 1.29 is 22.4 Å². The number of hydrogen-bond acceptors (Lipinski definition) is 3. The molecule has 0 saturated carbocycles. The van der Waals surface area contributed by atoms with Crippen molar-refractivity contribution in [1.29, 1.82) is 0 Å². The van der Waals surface area contributed by atoms with Crippen LogP contribution in [0.25, 0.3) is 6.08 Å². The lowest BCUT2D eigenvalue weighted by Gasteiger charge is -2.20. The van der Waals surface area contributed by atoms with Crippen molar-refractivity contribution in [2.45, 2.75) is 19.3 Å². The number of nitrogens with zero attached hydrogens (tertiary/aromatic N) is 2. The minimum atomic E-state index is -4.57. The minimum absolute atomic E-state index is 0.208. The Balaban J connectivity index is 1.80. The molecule has 0 atom stereocenters. The summed E-state index contributed by atoms with van der Waals surface area (Å²) in [5, 5.41) is -0.392. The quantitative estimate of drug-likeness (QED) is 0.488. The molecule has 150 valence electrons. The second-order valence-electron chi connectivity index (χ2n) is 6.21. The normalized spacial score (nSPS) is 11.7. The van der Waals surface area contributed by atoms with Crippen LogP contribution in [-0.2, 0) is 24.1 Å². The summed E-state index contributed by atoms with van der Waals surface area (Å²) in [5.74, 6) is 0.204. The number of alkyl halides is 3. The first-order valence-electron chi connectivity index (χ1n) is 8.58. The number of furan rings is 1. The molecule has 4 nitrogen and oxygen atoms in total. The third kappa shape index (κ3) is 5.71. The van der Waals surface area contributed by atoms with E-state index in [9.17, 15) is 18.0 Å². The van der Waals surface area contributed by atoms with Crippen molar-refractivity contribution in [3.8, 4) is 0 Å². The molecule has 0 aliphatic carbocycles. The van der Waals surface area contributed by atoms with Crippen molar-refractivity contribution >= 4 is 23.6 Å². The predicted octanol–water partition coefficient (Wildman–Crippen LogP) is 5.59. The van der Waals surface area contributed by atoms with Crippen LogP contribution < -0.4 is 0 Å². The van der Waals surface area contributed by atoms with Crippen LogP contribution in [-0.4, -0.2) is 15.8 Å². The van der Waals surface area contributed by atoms with E-state index in [2.05, 4.69) is 4.98 Å². The summed E-state index contributed by atoms with van der Waals surface area (Å²) in [5.41, 5.74) is 0.0811. The van der Waals surface area contributed by atoms with E-state index in [0.717, 1.165) is 17.7 Å². The van der Waals surface area contributed by atoms with Crippen LogP contribution in [0, 0.1) is 0 Å². The molecule has 0 aliphatic rings. The maximum Gasteiger partial charge on any atom is 0.417 e. The van der Waals surface area contributed by atoms with Crippen LogP contribution in [0.2, 0.25) is 5.02 Å². The highest BCUT2D eigenvalue weighted by molar-refractivity contribution is 6.31. The van der Waals surface area contributed by atoms with Gasteiger partial charge in [-0.05, 0) is 47.5 Å². The zero-order valence-corrected chi connectivity index (χ0v) is 15.8. The average molecular weight is 421 g/mol. The highest BCUT2D eigenvalue weighted by Crippen LogP contribution is 2.35. The molecule has 3 rings (SSSR count). The molecule has 0 N–H and O–H groups in total. The summed E-state index contributed by atoms with van der Waals surface area (Å²) in [7, 11) is 0. The predicted molar refractivity (Wildman–Crippen MR) is 103 cm³/mol. The number of rotatable bonds is 6. The van der Waals surface area contributed by atoms with Crippen LogP contribution in [0.1, 0.15) is 22.5 Å². The zero-order valence-electron chi connectivity index (χ0n) is 15.1. The number of aromatic nitrogens is 1. The minimum Gasteiger partial charge on any atom is -0.467 e. The first kappa shape index (κ1) is 20.7. The standard InChI is InChI=1S/C21H16ClF3N2O2/c22-19-7-5-15(11-18(19)21(23,24)25)6-8-20(28)27(14-17-4-2-10-29-17)13-16-3-1-9-26-12-16/h1-12H,13-14H2/b8-6+. The molecule has 0 bridgehead atoms. The largest absolute Gasteiger partial charge is 0.467 e. The Labute approximate surface area is 170 Å². The lowest BCUT2D eigenvalue weighted by Crippen LogP contribution is -2.28. The SMILES string of the molecule is O=C(/C=C/c1ccc(Cl)c(C(F)(F)F)c1)N(Cc1cccnc1)Cc1ccco1. The van der Waals surface area contributed by atoms with Gasteiger partial charge < -0.3 is 9.32 Å². The second kappa shape index (κ2) is 8.96. The van der Waals surface area contributed by atoms with Crippen molar-refractivity contribution in [3.05, 3.63) is 94.7 Å². The molecule has 0 unspecified atom stereocenters. The maximum atomic E-state index is 13.0. The number of pyridine rings is 1. The molecular formula is C21H16ClF3N2O2. The fourth-order valence-electron chi connectivity index (χ4n) is 2.65. The van der Waals surface area contributed by atoms with E-state index in [-0.39, 0.29) is 24.6 Å². The fraction of sp³-hybridized carbons (Fsp3) is 0.143. The average Bonchev–Trinajstić information content (AvgIpc) is 3.19. The van der Waals surface area contributed by atoms with Gasteiger partial charge in [-0.25, -0.2) is 0 Å². The Morgan fingerprint density at radius 3 is 2.66 bits per heavy atom. The lowest BCUT2D eigenvalue weighted by molar-refractivity contribution is -0.137. The van der Waals surface area contributed by atoms with Gasteiger partial charge in [0.2, 0.25) is 5.91 Å². The van der Waals surface area contributed by atoms with Crippen LogP contribution in [0.5, 0.6) is 0 Å². The molecule has 1 amide bonds. The Morgan fingerprint density at radius 2 is 2.00 bits per heavy atom. The van der Waals surface area contributed by atoms with Crippen LogP contribution in [0.15, 0.2) is 71.6 Å². The summed E-state index contributed by atoms with van der Waals surface area (Å²) in [6, 6.07) is 10.5. The number of carbonyl (C=O) groups excluding carboxylic acids is 1. The van der Waals surface area contributed by atoms with Gasteiger partial charge in [-0.2, -0.15) is 13.2 Å². The Kier molecular flexibility index (Phi) is 6.39. The van der Waals surface area contributed by atoms with Crippen LogP contribution in [0.3, 0.4) is 0 Å². The van der Waals surface area contributed by atoms with E-state index in [1.165, 1.54) is 29.4 Å². The van der Waals surface area contributed by atoms with E-state index in [1.54, 1.807) is 30.6 Å². The highest BCUT2D eigenvalue weighted by Gasteiger charge is 2.33. The van der Waals surface area contributed by atoms with Gasteiger partial charge in [-0.3, -0.25) is 9.78 Å². The topological polar surface area (TPSA) is 46.3 Å². The van der Waals surface area contributed by atoms with Gasteiger partial charge in [0, 0.05) is 25.0 Å². The third-order valence-electron chi connectivity index (χ3n) is 4.05. The fourth-order valence-corrected chi connectivity index (χ4v) is 2.88. The number of amides is 1. The van der Waals surface area contributed by atoms with E-state index in [1.807, 2.05) is 6.07 Å². The molecule has 2 heterocycles. The third-order valence-corrected chi connectivity index (χ3v) is 4.38.